The minimum Gasteiger partial charge on any atom is -0.353 e. The van der Waals surface area contributed by atoms with Crippen molar-refractivity contribution in [1.29, 1.82) is 0 Å². The topological polar surface area (TPSA) is 41.1 Å². The Morgan fingerprint density at radius 3 is 2.70 bits per heavy atom. The lowest BCUT2D eigenvalue weighted by Crippen LogP contribution is -2.55. The van der Waals surface area contributed by atoms with Crippen LogP contribution in [0.2, 0.25) is 0 Å². The van der Waals surface area contributed by atoms with Gasteiger partial charge in [0.15, 0.2) is 5.41 Å². The highest BCUT2D eigenvalue weighted by atomic mass is 32.2. The molecule has 0 spiro atoms. The predicted octanol–water partition coefficient (Wildman–Crippen LogP) is 2.32. The zero-order valence-electron chi connectivity index (χ0n) is 11.6. The summed E-state index contributed by atoms with van der Waals surface area (Å²) < 4.78 is 39.8. The van der Waals surface area contributed by atoms with Crippen LogP contribution in [0.3, 0.4) is 0 Å². The van der Waals surface area contributed by atoms with E-state index in [2.05, 4.69) is 10.6 Å². The Morgan fingerprint density at radius 1 is 1.40 bits per heavy atom. The lowest BCUT2D eigenvalue weighted by Gasteiger charge is -2.34. The third-order valence-corrected chi connectivity index (χ3v) is 5.52. The van der Waals surface area contributed by atoms with Crippen molar-refractivity contribution in [3.63, 3.8) is 0 Å². The Bertz CT molecular complexity index is 356. The molecule has 2 rings (SSSR count). The fraction of sp³-hybridized carbons (Fsp3) is 0.923. The van der Waals surface area contributed by atoms with E-state index in [9.17, 15) is 18.0 Å². The zero-order chi connectivity index (χ0) is 14.8. The molecule has 0 radical (unpaired) electrons. The van der Waals surface area contributed by atoms with Crippen LogP contribution in [0, 0.1) is 5.41 Å². The van der Waals surface area contributed by atoms with Gasteiger partial charge in [0.2, 0.25) is 5.91 Å². The summed E-state index contributed by atoms with van der Waals surface area (Å²) in [5.41, 5.74) is -2.24. The summed E-state index contributed by atoms with van der Waals surface area (Å²) in [6, 6.07) is -0.117. The van der Waals surface area contributed by atoms with Gasteiger partial charge < -0.3 is 10.6 Å². The van der Waals surface area contributed by atoms with Crippen LogP contribution in [0.25, 0.3) is 0 Å². The smallest absolute Gasteiger partial charge is 0.353 e. The second-order valence-electron chi connectivity index (χ2n) is 5.70. The van der Waals surface area contributed by atoms with Crippen molar-refractivity contribution in [3.8, 4) is 0 Å². The molecule has 1 amide bonds. The van der Waals surface area contributed by atoms with Crippen molar-refractivity contribution in [1.82, 2.24) is 10.6 Å². The van der Waals surface area contributed by atoms with Crippen molar-refractivity contribution in [3.05, 3.63) is 0 Å². The van der Waals surface area contributed by atoms with Gasteiger partial charge in [-0.05, 0) is 38.5 Å². The average Bonchev–Trinajstić information content (AvgIpc) is 2.89. The lowest BCUT2D eigenvalue weighted by molar-refractivity contribution is -0.216. The van der Waals surface area contributed by atoms with E-state index in [4.69, 9.17) is 0 Å². The standard InChI is InChI=1S/C13H21F3N2OS/c1-20-10-4-2-3-9(7-10)18-11(19)12(13(14,15)16)5-6-17-8-12/h9-10,17H,2-8H2,1H3,(H,18,19). The summed E-state index contributed by atoms with van der Waals surface area (Å²) in [4.78, 5) is 12.2. The molecule has 116 valence electrons. The highest BCUT2D eigenvalue weighted by molar-refractivity contribution is 7.99. The van der Waals surface area contributed by atoms with E-state index in [-0.39, 0.29) is 25.6 Å². The van der Waals surface area contributed by atoms with E-state index in [1.54, 1.807) is 11.8 Å². The number of halogens is 3. The van der Waals surface area contributed by atoms with E-state index < -0.39 is 17.5 Å². The van der Waals surface area contributed by atoms with Gasteiger partial charge in [0, 0.05) is 17.8 Å². The van der Waals surface area contributed by atoms with Crippen LogP contribution in [-0.2, 0) is 4.79 Å². The second kappa shape index (κ2) is 6.13. The van der Waals surface area contributed by atoms with Crippen molar-refractivity contribution in [2.75, 3.05) is 19.3 Å². The number of amides is 1. The van der Waals surface area contributed by atoms with Gasteiger partial charge in [-0.3, -0.25) is 4.79 Å². The molecule has 3 nitrogen and oxygen atoms in total. The molecule has 2 aliphatic rings. The molecule has 2 fully saturated rings. The van der Waals surface area contributed by atoms with Gasteiger partial charge in [-0.1, -0.05) is 6.42 Å². The van der Waals surface area contributed by atoms with Gasteiger partial charge in [-0.2, -0.15) is 24.9 Å². The molecular formula is C13H21F3N2OS. The SMILES string of the molecule is CSC1CCCC(NC(=O)C2(C(F)(F)F)CCNC2)C1. The Kier molecular flexibility index (Phi) is 4.89. The summed E-state index contributed by atoms with van der Waals surface area (Å²) in [6.07, 6.45) is 0.952. The molecule has 1 saturated heterocycles. The summed E-state index contributed by atoms with van der Waals surface area (Å²) in [5.74, 6) is -0.846. The van der Waals surface area contributed by atoms with Crippen LogP contribution < -0.4 is 10.6 Å². The predicted molar refractivity (Wildman–Crippen MR) is 73.7 cm³/mol. The molecule has 0 aromatic heterocycles. The minimum atomic E-state index is -4.49. The van der Waals surface area contributed by atoms with Crippen LogP contribution in [0.1, 0.15) is 32.1 Å². The summed E-state index contributed by atoms with van der Waals surface area (Å²) in [7, 11) is 0. The average molecular weight is 310 g/mol. The third-order valence-electron chi connectivity index (χ3n) is 4.43. The van der Waals surface area contributed by atoms with Gasteiger partial charge in [-0.15, -0.1) is 0 Å². The Balaban J connectivity index is 2.02. The van der Waals surface area contributed by atoms with Gasteiger partial charge in [0.25, 0.3) is 0 Å². The largest absolute Gasteiger partial charge is 0.404 e. The van der Waals surface area contributed by atoms with E-state index in [0.717, 1.165) is 25.7 Å². The van der Waals surface area contributed by atoms with Crippen molar-refractivity contribution < 1.29 is 18.0 Å². The summed E-state index contributed by atoms with van der Waals surface area (Å²) >= 11 is 1.73. The first kappa shape index (κ1) is 15.9. The van der Waals surface area contributed by atoms with E-state index >= 15 is 0 Å². The number of hydrogen-bond acceptors (Lipinski definition) is 3. The van der Waals surface area contributed by atoms with E-state index in [0.29, 0.717) is 5.25 Å². The van der Waals surface area contributed by atoms with E-state index in [1.807, 2.05) is 6.26 Å². The Hall–Kier alpha value is -0.430. The highest BCUT2D eigenvalue weighted by Gasteiger charge is 2.61. The molecule has 20 heavy (non-hydrogen) atoms. The summed E-state index contributed by atoms with van der Waals surface area (Å²) in [5, 5.41) is 5.78. The number of thioether (sulfide) groups is 1. The fourth-order valence-electron chi connectivity index (χ4n) is 3.07. The van der Waals surface area contributed by atoms with Crippen molar-refractivity contribution in [2.45, 2.75) is 49.6 Å². The molecule has 1 saturated carbocycles. The molecular weight excluding hydrogens is 289 g/mol. The van der Waals surface area contributed by atoms with Crippen molar-refractivity contribution in [2.24, 2.45) is 5.41 Å². The molecule has 2 N–H and O–H groups in total. The van der Waals surface area contributed by atoms with Gasteiger partial charge in [-0.25, -0.2) is 0 Å². The first-order chi connectivity index (χ1) is 9.39. The number of carbonyl (C=O) groups is 1. The van der Waals surface area contributed by atoms with Gasteiger partial charge in [0.05, 0.1) is 0 Å². The zero-order valence-corrected chi connectivity index (χ0v) is 12.4. The number of alkyl halides is 3. The molecule has 0 aromatic carbocycles. The van der Waals surface area contributed by atoms with Gasteiger partial charge >= 0.3 is 6.18 Å². The molecule has 0 bridgehead atoms. The number of carbonyl (C=O) groups excluding carboxylic acids is 1. The molecule has 1 heterocycles. The lowest BCUT2D eigenvalue weighted by atomic mass is 9.84. The maximum Gasteiger partial charge on any atom is 0.404 e. The number of rotatable bonds is 3. The second-order valence-corrected chi connectivity index (χ2v) is 6.84. The first-order valence-corrected chi connectivity index (χ1v) is 8.29. The molecule has 1 aliphatic carbocycles. The normalized spacial score (nSPS) is 35.0. The monoisotopic (exact) mass is 310 g/mol. The van der Waals surface area contributed by atoms with Crippen LogP contribution in [0.15, 0.2) is 0 Å². The van der Waals surface area contributed by atoms with E-state index in [1.165, 1.54) is 0 Å². The Morgan fingerprint density at radius 2 is 2.15 bits per heavy atom. The maximum atomic E-state index is 13.3. The van der Waals surface area contributed by atoms with Crippen LogP contribution in [0.5, 0.6) is 0 Å². The van der Waals surface area contributed by atoms with Crippen molar-refractivity contribution >= 4 is 17.7 Å². The maximum absolute atomic E-state index is 13.3. The molecule has 3 atom stereocenters. The van der Waals surface area contributed by atoms with Crippen LogP contribution in [0.4, 0.5) is 13.2 Å². The number of hydrogen-bond donors (Lipinski definition) is 2. The quantitative estimate of drug-likeness (QED) is 0.840. The Labute approximate surface area is 121 Å². The first-order valence-electron chi connectivity index (χ1n) is 7.00. The fourth-order valence-corrected chi connectivity index (χ4v) is 3.90. The molecule has 0 aromatic rings. The minimum absolute atomic E-state index is 0.117. The molecule has 1 aliphatic heterocycles. The van der Waals surface area contributed by atoms with Gasteiger partial charge in [0.1, 0.15) is 0 Å². The summed E-state index contributed by atoms with van der Waals surface area (Å²) in [6.45, 7) is -0.0634. The van der Waals surface area contributed by atoms with Crippen LogP contribution in [-0.4, -0.2) is 42.7 Å². The number of nitrogens with one attached hydrogen (secondary N) is 2. The third kappa shape index (κ3) is 3.08. The molecule has 7 heteroatoms. The molecule has 3 unspecified atom stereocenters. The highest BCUT2D eigenvalue weighted by Crippen LogP contribution is 2.43. The van der Waals surface area contributed by atoms with Crippen LogP contribution >= 0.6 is 11.8 Å².